The second kappa shape index (κ2) is 10.3. The summed E-state index contributed by atoms with van der Waals surface area (Å²) in [5.74, 6) is 0.0302. The van der Waals surface area contributed by atoms with Crippen LogP contribution in [0.2, 0.25) is 5.02 Å². The van der Waals surface area contributed by atoms with Crippen LogP contribution in [0.4, 0.5) is 4.79 Å². The van der Waals surface area contributed by atoms with Crippen LogP contribution in [0.15, 0.2) is 42.5 Å². The molecule has 0 spiro atoms. The molecule has 2 aromatic carbocycles. The van der Waals surface area contributed by atoms with E-state index in [1.165, 1.54) is 5.56 Å². The Hall–Kier alpha value is -2.08. The third-order valence-corrected chi connectivity index (χ3v) is 6.40. The van der Waals surface area contributed by atoms with E-state index in [0.29, 0.717) is 24.4 Å². The number of benzene rings is 2. The summed E-state index contributed by atoms with van der Waals surface area (Å²) < 4.78 is 0. The van der Waals surface area contributed by atoms with Crippen molar-refractivity contribution in [3.8, 4) is 11.1 Å². The summed E-state index contributed by atoms with van der Waals surface area (Å²) in [6, 6.07) is 14.0. The first-order valence-electron chi connectivity index (χ1n) is 10.7. The molecule has 6 heteroatoms. The van der Waals surface area contributed by atoms with Crippen LogP contribution in [0.3, 0.4) is 0 Å². The Morgan fingerprint density at radius 3 is 2.80 bits per heavy atom. The largest absolute Gasteiger partial charge is 0.465 e. The summed E-state index contributed by atoms with van der Waals surface area (Å²) in [7, 11) is 0. The van der Waals surface area contributed by atoms with Gasteiger partial charge in [-0.05, 0) is 61.4 Å². The first-order valence-corrected chi connectivity index (χ1v) is 11.1. The zero-order chi connectivity index (χ0) is 21.6. The number of carboxylic acid groups (broad SMARTS) is 1. The van der Waals surface area contributed by atoms with Gasteiger partial charge in [-0.15, -0.1) is 0 Å². The number of aryl methyl sites for hydroxylation is 1. The first kappa shape index (κ1) is 22.6. The molecular weight excluding hydrogens is 400 g/mol. The average molecular weight is 431 g/mol. The van der Waals surface area contributed by atoms with Gasteiger partial charge in [0.15, 0.2) is 0 Å². The van der Waals surface area contributed by atoms with Gasteiger partial charge in [-0.3, -0.25) is 0 Å². The molecule has 30 heavy (non-hydrogen) atoms. The second-order valence-corrected chi connectivity index (χ2v) is 8.43. The zero-order valence-corrected chi connectivity index (χ0v) is 18.2. The van der Waals surface area contributed by atoms with Crippen molar-refractivity contribution in [2.45, 2.75) is 44.6 Å². The Morgan fingerprint density at radius 2 is 2.10 bits per heavy atom. The monoisotopic (exact) mass is 430 g/mol. The van der Waals surface area contributed by atoms with E-state index >= 15 is 0 Å². The van der Waals surface area contributed by atoms with Crippen LogP contribution in [0, 0.1) is 5.92 Å². The fraction of sp³-hybridized carbons (Fsp3) is 0.458. The maximum Gasteiger partial charge on any atom is 0.404 e. The summed E-state index contributed by atoms with van der Waals surface area (Å²) >= 11 is 6.69. The van der Waals surface area contributed by atoms with Gasteiger partial charge in [0.25, 0.3) is 0 Å². The fourth-order valence-electron chi connectivity index (χ4n) is 4.50. The molecule has 4 N–H and O–H groups in total. The number of amides is 1. The van der Waals surface area contributed by atoms with Crippen molar-refractivity contribution in [3.05, 3.63) is 58.6 Å². The molecule has 2 unspecified atom stereocenters. The van der Waals surface area contributed by atoms with Gasteiger partial charge in [0.1, 0.15) is 0 Å². The fourth-order valence-corrected chi connectivity index (χ4v) is 4.78. The van der Waals surface area contributed by atoms with Crippen molar-refractivity contribution in [1.82, 2.24) is 10.6 Å². The lowest BCUT2D eigenvalue weighted by Crippen LogP contribution is -2.45. The average Bonchev–Trinajstić information content (AvgIpc) is 2.77. The molecule has 2 atom stereocenters. The van der Waals surface area contributed by atoms with Gasteiger partial charge in [-0.25, -0.2) is 4.79 Å². The first-order chi connectivity index (χ1) is 14.5. The van der Waals surface area contributed by atoms with Gasteiger partial charge in [0.2, 0.25) is 0 Å². The summed E-state index contributed by atoms with van der Waals surface area (Å²) in [5.41, 5.74) is 2.81. The Balaban J connectivity index is 2.04. The third-order valence-electron chi connectivity index (χ3n) is 6.09. The van der Waals surface area contributed by atoms with Gasteiger partial charge in [-0.1, -0.05) is 54.9 Å². The minimum Gasteiger partial charge on any atom is -0.465 e. The van der Waals surface area contributed by atoms with Crippen molar-refractivity contribution in [2.24, 2.45) is 5.92 Å². The molecule has 1 fully saturated rings. The molecule has 1 heterocycles. The Morgan fingerprint density at radius 1 is 1.30 bits per heavy atom. The normalized spacial score (nSPS) is 18.6. The Labute approximate surface area is 183 Å². The minimum absolute atomic E-state index is 0.0302. The molecule has 1 aliphatic heterocycles. The molecule has 0 aromatic heterocycles. The van der Waals surface area contributed by atoms with Gasteiger partial charge >= 0.3 is 6.09 Å². The molecular formula is C24H31ClN2O3. The highest BCUT2D eigenvalue weighted by Crippen LogP contribution is 2.44. The number of nitrogens with one attached hydrogen (secondary N) is 2. The van der Waals surface area contributed by atoms with Crippen LogP contribution in [0.25, 0.3) is 11.1 Å². The number of halogens is 1. The summed E-state index contributed by atoms with van der Waals surface area (Å²) in [6.45, 7) is 4.10. The number of hydrogen-bond donors (Lipinski definition) is 4. The number of hydrogen-bond acceptors (Lipinski definition) is 3. The maximum absolute atomic E-state index is 12.1. The summed E-state index contributed by atoms with van der Waals surface area (Å²) in [5, 5.41) is 27.4. The van der Waals surface area contributed by atoms with Crippen LogP contribution in [-0.2, 0) is 12.0 Å². The standard InChI is InChI=1S/C24H31ClN2O3/c1-2-17-7-3-8-18(15-17)22-20(10-4-11-21(22)25)24(30,12-6-14-27-23(28)29)19-9-5-13-26-16-19/h3-4,7-8,10-11,15,19,26-27,30H,2,5-6,9,12-14,16H2,1H3,(H,28,29). The molecule has 5 nitrogen and oxygen atoms in total. The number of aliphatic hydroxyl groups is 1. The molecule has 0 bridgehead atoms. The van der Waals surface area contributed by atoms with E-state index in [0.717, 1.165) is 49.0 Å². The van der Waals surface area contributed by atoms with Crippen molar-refractivity contribution in [2.75, 3.05) is 19.6 Å². The predicted octanol–water partition coefficient (Wildman–Crippen LogP) is 4.80. The van der Waals surface area contributed by atoms with E-state index in [2.05, 4.69) is 29.7 Å². The molecule has 1 amide bonds. The lowest BCUT2D eigenvalue weighted by Gasteiger charge is -2.40. The highest BCUT2D eigenvalue weighted by atomic mass is 35.5. The molecule has 0 radical (unpaired) electrons. The molecule has 0 saturated carbocycles. The molecule has 162 valence electrons. The van der Waals surface area contributed by atoms with Gasteiger partial charge in [0, 0.05) is 29.6 Å². The number of carbonyl (C=O) groups is 1. The molecule has 1 aliphatic rings. The van der Waals surface area contributed by atoms with E-state index in [1.807, 2.05) is 30.3 Å². The van der Waals surface area contributed by atoms with Gasteiger partial charge < -0.3 is 20.8 Å². The van der Waals surface area contributed by atoms with Crippen LogP contribution < -0.4 is 10.6 Å². The SMILES string of the molecule is CCc1cccc(-c2c(Cl)cccc2C(O)(CCCNC(=O)O)C2CCCNC2)c1. The highest BCUT2D eigenvalue weighted by Gasteiger charge is 2.40. The van der Waals surface area contributed by atoms with Crippen LogP contribution in [0.1, 0.15) is 43.7 Å². The van der Waals surface area contributed by atoms with Crippen LogP contribution >= 0.6 is 11.6 Å². The Kier molecular flexibility index (Phi) is 7.75. The predicted molar refractivity (Wildman–Crippen MR) is 121 cm³/mol. The van der Waals surface area contributed by atoms with E-state index in [-0.39, 0.29) is 5.92 Å². The number of piperidine rings is 1. The third kappa shape index (κ3) is 5.15. The smallest absolute Gasteiger partial charge is 0.404 e. The maximum atomic E-state index is 12.1. The quantitative estimate of drug-likeness (QED) is 0.453. The zero-order valence-electron chi connectivity index (χ0n) is 17.5. The lowest BCUT2D eigenvalue weighted by molar-refractivity contribution is -0.0415. The highest BCUT2D eigenvalue weighted by molar-refractivity contribution is 6.33. The van der Waals surface area contributed by atoms with Crippen LogP contribution in [-0.4, -0.2) is 35.9 Å². The van der Waals surface area contributed by atoms with Crippen molar-refractivity contribution < 1.29 is 15.0 Å². The Bertz CT molecular complexity index is 867. The van der Waals surface area contributed by atoms with E-state index < -0.39 is 11.7 Å². The summed E-state index contributed by atoms with van der Waals surface area (Å²) in [4.78, 5) is 10.8. The van der Waals surface area contributed by atoms with E-state index in [1.54, 1.807) is 0 Å². The summed E-state index contributed by atoms with van der Waals surface area (Å²) in [6.07, 6.45) is 2.79. The second-order valence-electron chi connectivity index (χ2n) is 8.02. The van der Waals surface area contributed by atoms with Crippen LogP contribution in [0.5, 0.6) is 0 Å². The molecule has 2 aromatic rings. The van der Waals surface area contributed by atoms with Crippen molar-refractivity contribution >= 4 is 17.7 Å². The molecule has 3 rings (SSSR count). The van der Waals surface area contributed by atoms with Gasteiger partial charge in [0.05, 0.1) is 5.60 Å². The van der Waals surface area contributed by atoms with Crippen molar-refractivity contribution in [3.63, 3.8) is 0 Å². The lowest BCUT2D eigenvalue weighted by atomic mass is 9.72. The molecule has 0 aliphatic carbocycles. The van der Waals surface area contributed by atoms with Gasteiger partial charge in [-0.2, -0.15) is 0 Å². The topological polar surface area (TPSA) is 81.6 Å². The van der Waals surface area contributed by atoms with E-state index in [4.69, 9.17) is 16.7 Å². The minimum atomic E-state index is -1.10. The van der Waals surface area contributed by atoms with E-state index in [9.17, 15) is 9.90 Å². The van der Waals surface area contributed by atoms with Crippen molar-refractivity contribution in [1.29, 1.82) is 0 Å². The number of rotatable bonds is 8. The molecule has 1 saturated heterocycles.